The van der Waals surface area contributed by atoms with Crippen molar-refractivity contribution in [1.82, 2.24) is 10.2 Å². The van der Waals surface area contributed by atoms with Gasteiger partial charge in [-0.1, -0.05) is 58.6 Å². The molecule has 1 aromatic heterocycles. The van der Waals surface area contributed by atoms with E-state index in [4.69, 9.17) is 11.6 Å². The zero-order valence-electron chi connectivity index (χ0n) is 10.8. The number of nitrogens with one attached hydrogen (secondary N) is 1. The van der Waals surface area contributed by atoms with Gasteiger partial charge in [-0.25, -0.2) is 0 Å². The summed E-state index contributed by atoms with van der Waals surface area (Å²) in [7, 11) is 0. The van der Waals surface area contributed by atoms with Gasteiger partial charge in [0.2, 0.25) is 5.91 Å². The molecule has 1 N–H and O–H groups in total. The van der Waals surface area contributed by atoms with Crippen LogP contribution in [0.4, 0.5) is 5.69 Å². The van der Waals surface area contributed by atoms with Crippen LogP contribution in [-0.2, 0) is 4.79 Å². The smallest absolute Gasteiger partial charge is 0.237 e. The van der Waals surface area contributed by atoms with Crippen molar-refractivity contribution in [3.63, 3.8) is 0 Å². The highest BCUT2D eigenvalue weighted by Crippen LogP contribution is 2.31. The Morgan fingerprint density at radius 2 is 2.05 bits per heavy atom. The van der Waals surface area contributed by atoms with Gasteiger partial charge in [0.05, 0.1) is 16.0 Å². The summed E-state index contributed by atoms with van der Waals surface area (Å²) in [4.78, 5) is 12.1. The molecule has 1 unspecified atom stereocenters. The number of amides is 1. The minimum Gasteiger partial charge on any atom is -0.324 e. The van der Waals surface area contributed by atoms with Gasteiger partial charge < -0.3 is 5.32 Å². The molecule has 0 spiro atoms. The van der Waals surface area contributed by atoms with Crippen molar-refractivity contribution >= 4 is 58.1 Å². The molecule has 1 aromatic carbocycles. The maximum absolute atomic E-state index is 12.1. The number of aromatic nitrogens is 2. The van der Waals surface area contributed by atoms with Crippen LogP contribution in [0.5, 0.6) is 0 Å². The number of nitrogens with zero attached hydrogens (tertiary/aromatic N) is 2. The number of carbonyl (C=O) groups excluding carboxylic acids is 1. The molecule has 0 fully saturated rings. The number of halogens is 1. The molecule has 0 bridgehead atoms. The number of carbonyl (C=O) groups is 1. The quantitative estimate of drug-likeness (QED) is 0.829. The van der Waals surface area contributed by atoms with E-state index in [9.17, 15) is 4.79 Å². The van der Waals surface area contributed by atoms with Gasteiger partial charge in [-0.15, -0.1) is 10.2 Å². The van der Waals surface area contributed by atoms with Crippen molar-refractivity contribution in [1.29, 1.82) is 0 Å². The van der Waals surface area contributed by atoms with Gasteiger partial charge in [-0.2, -0.15) is 0 Å². The van der Waals surface area contributed by atoms with E-state index in [1.54, 1.807) is 23.9 Å². The lowest BCUT2D eigenvalue weighted by molar-refractivity contribution is -0.115. The van der Waals surface area contributed by atoms with E-state index in [2.05, 4.69) is 15.5 Å². The van der Waals surface area contributed by atoms with E-state index in [0.717, 1.165) is 8.68 Å². The number of hydrogen-bond acceptors (Lipinski definition) is 6. The lowest BCUT2D eigenvalue weighted by Crippen LogP contribution is -2.22. The number of para-hydroxylation sites is 1. The summed E-state index contributed by atoms with van der Waals surface area (Å²) < 4.78 is 1.68. The van der Waals surface area contributed by atoms with Crippen LogP contribution in [0.3, 0.4) is 0 Å². The standard InChI is InChI=1S/C12H12ClN3OS3/c1-7(19-12-16-15-11(18-2)20-12)10(17)14-9-6-4-3-5-8(9)13/h3-7H,1-2H3,(H,14,17). The van der Waals surface area contributed by atoms with E-state index in [-0.39, 0.29) is 11.2 Å². The molecule has 2 rings (SSSR count). The van der Waals surface area contributed by atoms with Gasteiger partial charge >= 0.3 is 0 Å². The zero-order chi connectivity index (χ0) is 14.5. The van der Waals surface area contributed by atoms with Gasteiger partial charge in [-0.3, -0.25) is 4.79 Å². The summed E-state index contributed by atoms with van der Waals surface area (Å²) in [6.07, 6.45) is 1.95. The Bertz CT molecular complexity index is 605. The Labute approximate surface area is 134 Å². The molecule has 106 valence electrons. The summed E-state index contributed by atoms with van der Waals surface area (Å²) in [6.45, 7) is 1.83. The first-order chi connectivity index (χ1) is 9.60. The molecular weight excluding hydrogens is 334 g/mol. The van der Waals surface area contributed by atoms with Gasteiger partial charge in [-0.05, 0) is 25.3 Å². The predicted octanol–water partition coefficient (Wildman–Crippen LogP) is 4.03. The molecule has 0 aliphatic rings. The molecule has 0 saturated carbocycles. The highest BCUT2D eigenvalue weighted by atomic mass is 35.5. The van der Waals surface area contributed by atoms with Crippen LogP contribution in [-0.4, -0.2) is 27.6 Å². The molecule has 1 amide bonds. The monoisotopic (exact) mass is 345 g/mol. The largest absolute Gasteiger partial charge is 0.324 e. The molecule has 1 heterocycles. The summed E-state index contributed by atoms with van der Waals surface area (Å²) >= 11 is 10.4. The number of anilines is 1. The topological polar surface area (TPSA) is 54.9 Å². The van der Waals surface area contributed by atoms with Crippen LogP contribution in [0.1, 0.15) is 6.92 Å². The van der Waals surface area contributed by atoms with Crippen molar-refractivity contribution in [2.24, 2.45) is 0 Å². The van der Waals surface area contributed by atoms with E-state index >= 15 is 0 Å². The van der Waals surface area contributed by atoms with Crippen LogP contribution in [0.15, 0.2) is 32.9 Å². The van der Waals surface area contributed by atoms with Gasteiger partial charge in [0.15, 0.2) is 8.68 Å². The van der Waals surface area contributed by atoms with Crippen LogP contribution in [0, 0.1) is 0 Å². The second kappa shape index (κ2) is 7.31. The number of thioether (sulfide) groups is 2. The van der Waals surface area contributed by atoms with Crippen LogP contribution in [0.2, 0.25) is 5.02 Å². The number of benzene rings is 1. The average molecular weight is 346 g/mol. The van der Waals surface area contributed by atoms with Gasteiger partial charge in [0.25, 0.3) is 0 Å². The molecule has 0 aliphatic carbocycles. The number of rotatable bonds is 5. The van der Waals surface area contributed by atoms with Gasteiger partial charge in [0.1, 0.15) is 0 Å². The van der Waals surface area contributed by atoms with Crippen molar-refractivity contribution < 1.29 is 4.79 Å². The molecule has 4 nitrogen and oxygen atoms in total. The summed E-state index contributed by atoms with van der Waals surface area (Å²) in [6, 6.07) is 7.16. The van der Waals surface area contributed by atoms with E-state index < -0.39 is 0 Å². The Balaban J connectivity index is 1.97. The molecule has 0 saturated heterocycles. The third kappa shape index (κ3) is 4.12. The maximum Gasteiger partial charge on any atom is 0.237 e. The molecule has 2 aromatic rings. The Morgan fingerprint density at radius 3 is 2.70 bits per heavy atom. The fourth-order valence-corrected chi connectivity index (χ4v) is 4.09. The Hall–Kier alpha value is -0.760. The van der Waals surface area contributed by atoms with Crippen molar-refractivity contribution in [2.45, 2.75) is 20.9 Å². The highest BCUT2D eigenvalue weighted by molar-refractivity contribution is 8.03. The lowest BCUT2D eigenvalue weighted by Gasteiger charge is -2.11. The average Bonchev–Trinajstić information content (AvgIpc) is 2.89. The third-order valence-electron chi connectivity index (χ3n) is 2.34. The summed E-state index contributed by atoms with van der Waals surface area (Å²) in [5.41, 5.74) is 0.619. The van der Waals surface area contributed by atoms with Crippen molar-refractivity contribution in [2.75, 3.05) is 11.6 Å². The molecule has 1 atom stereocenters. The highest BCUT2D eigenvalue weighted by Gasteiger charge is 2.17. The Morgan fingerprint density at radius 1 is 1.35 bits per heavy atom. The van der Waals surface area contributed by atoms with Crippen LogP contribution in [0.25, 0.3) is 0 Å². The van der Waals surface area contributed by atoms with E-state index in [0.29, 0.717) is 10.7 Å². The molecule has 8 heteroatoms. The number of hydrogen-bond donors (Lipinski definition) is 1. The zero-order valence-corrected chi connectivity index (χ0v) is 14.0. The minimum absolute atomic E-state index is 0.107. The fourth-order valence-electron chi connectivity index (χ4n) is 1.33. The van der Waals surface area contributed by atoms with Gasteiger partial charge in [0, 0.05) is 0 Å². The lowest BCUT2D eigenvalue weighted by atomic mass is 10.3. The second-order valence-corrected chi connectivity index (χ2v) is 7.79. The van der Waals surface area contributed by atoms with Crippen molar-refractivity contribution in [3.8, 4) is 0 Å². The van der Waals surface area contributed by atoms with Crippen LogP contribution < -0.4 is 5.32 Å². The normalized spacial score (nSPS) is 12.2. The third-order valence-corrected chi connectivity index (χ3v) is 5.75. The molecule has 0 radical (unpaired) electrons. The maximum atomic E-state index is 12.1. The van der Waals surface area contributed by atoms with Crippen LogP contribution >= 0.6 is 46.5 Å². The minimum atomic E-state index is -0.270. The van der Waals surface area contributed by atoms with E-state index in [1.165, 1.54) is 23.1 Å². The second-order valence-electron chi connectivity index (χ2n) is 3.77. The first kappa shape index (κ1) is 15.6. The van der Waals surface area contributed by atoms with Crippen molar-refractivity contribution in [3.05, 3.63) is 29.3 Å². The first-order valence-corrected chi connectivity index (χ1v) is 8.99. The predicted molar refractivity (Wildman–Crippen MR) is 87.1 cm³/mol. The van der Waals surface area contributed by atoms with E-state index in [1.807, 2.05) is 25.3 Å². The molecule has 0 aliphatic heterocycles. The molecule has 20 heavy (non-hydrogen) atoms. The Kier molecular flexibility index (Phi) is 5.71. The fraction of sp³-hybridized carbons (Fsp3) is 0.250. The SMILES string of the molecule is CSc1nnc(SC(C)C(=O)Nc2ccccc2Cl)s1. The first-order valence-electron chi connectivity index (χ1n) is 5.69. The molecular formula is C12H12ClN3OS3. The summed E-state index contributed by atoms with van der Waals surface area (Å²) in [5, 5.41) is 11.1. The summed E-state index contributed by atoms with van der Waals surface area (Å²) in [5.74, 6) is -0.107.